The lowest BCUT2D eigenvalue weighted by atomic mass is 9.56. The highest BCUT2D eigenvalue weighted by Crippen LogP contribution is 2.58. The summed E-state index contributed by atoms with van der Waals surface area (Å²) in [5.41, 5.74) is 7.65. The molecule has 0 amide bonds. The van der Waals surface area contributed by atoms with Crippen molar-refractivity contribution in [3.63, 3.8) is 0 Å². The number of carbonyl (C=O) groups excluding carboxylic acids is 1. The SMILES string of the molecule is C/C(=C\Cc1c(O)cc(C)c(C(=O)O)c1O)CC[C@@]1(C)[C@H](C)CC[C@H](O)[C@@H]1C.C=C1CC[C@@H](C)[C@](C)(CC/C(C)=C/Cc2c(O)cc(C)c(C(=O)O)c2O)[C@H]1C.C=C1CC[C@@H](C)[C@](C)(CCC2(C)C=Cc3c(cc(C)c(C(=O)O)c3O)O2)[C@H]1C.CC(=O)O[C@H]1CC[C@@H](C)[C@](C)(CCC2(C)C=Cc3c(cc(C)c(C(=O)O)c3O)O2)[C@H]1C.Cc1cc2c(c(O)c1C(=O)O)C=CC(C)(CC[C@@]1(C)[C@H](C)CC[C@H](C)[C@@H]1C)O2. The Morgan fingerprint density at radius 2 is 0.657 bits per heavy atom. The van der Waals surface area contributed by atoms with Crippen molar-refractivity contribution >= 4 is 54.0 Å². The van der Waals surface area contributed by atoms with Crippen LogP contribution < -0.4 is 14.2 Å². The molecular formula is C120H168O23. The number of carbonyl (C=O) groups is 6. The Labute approximate surface area is 849 Å². The molecule has 0 saturated heterocycles. The third-order valence-corrected chi connectivity index (χ3v) is 37.4. The molecule has 5 aromatic carbocycles. The molecule has 5 aliphatic carbocycles. The fourth-order valence-electron chi connectivity index (χ4n) is 24.1. The van der Waals surface area contributed by atoms with Gasteiger partial charge in [0.05, 0.1) is 22.8 Å². The van der Waals surface area contributed by atoms with Gasteiger partial charge in [-0.3, -0.25) is 4.79 Å². The van der Waals surface area contributed by atoms with Crippen LogP contribution in [0.1, 0.15) is 388 Å². The van der Waals surface area contributed by atoms with E-state index in [0.29, 0.717) is 116 Å². The third-order valence-electron chi connectivity index (χ3n) is 37.4. The number of esters is 1. The molecule has 5 saturated carbocycles. The number of phenolic OH excluding ortho intramolecular Hbond substituents is 2. The van der Waals surface area contributed by atoms with Crippen LogP contribution in [0.25, 0.3) is 18.2 Å². The summed E-state index contributed by atoms with van der Waals surface area (Å²) >= 11 is 0. The highest BCUT2D eigenvalue weighted by atomic mass is 16.5. The molecule has 23 heteroatoms. The normalized spacial score (nSPS) is 30.6. The van der Waals surface area contributed by atoms with Crippen LogP contribution in [0.3, 0.4) is 0 Å². The number of aromatic hydroxyl groups is 7. The van der Waals surface area contributed by atoms with Crippen molar-refractivity contribution in [1.29, 1.82) is 0 Å². The largest absolute Gasteiger partial charge is 0.508 e. The summed E-state index contributed by atoms with van der Waals surface area (Å²) in [4.78, 5) is 68.6. The van der Waals surface area contributed by atoms with Gasteiger partial charge in [-0.1, -0.05) is 165 Å². The first kappa shape index (κ1) is 116. The molecule has 13 N–H and O–H groups in total. The van der Waals surface area contributed by atoms with Gasteiger partial charge < -0.3 is 85.3 Å². The number of ether oxygens (including phenoxy) is 4. The number of aromatic carboxylic acids is 5. The number of carboxylic acids is 5. The molecule has 143 heavy (non-hydrogen) atoms. The fourth-order valence-corrected chi connectivity index (χ4v) is 24.1. The highest BCUT2D eigenvalue weighted by molar-refractivity contribution is 5.98. The number of carboxylic acid groups (broad SMARTS) is 5. The lowest BCUT2D eigenvalue weighted by molar-refractivity contribution is -0.158. The van der Waals surface area contributed by atoms with Crippen LogP contribution in [0, 0.1) is 127 Å². The van der Waals surface area contributed by atoms with Gasteiger partial charge in [-0.05, 0) is 391 Å². The maximum absolute atomic E-state index is 11.5. The molecule has 0 spiro atoms. The van der Waals surface area contributed by atoms with E-state index in [1.807, 2.05) is 50.3 Å². The van der Waals surface area contributed by atoms with Crippen molar-refractivity contribution in [3.05, 3.63) is 180 Å². The summed E-state index contributed by atoms with van der Waals surface area (Å²) in [6, 6.07) is 7.92. The lowest BCUT2D eigenvalue weighted by Crippen LogP contribution is -2.46. The van der Waals surface area contributed by atoms with Gasteiger partial charge in [-0.2, -0.15) is 0 Å². The molecule has 786 valence electrons. The zero-order chi connectivity index (χ0) is 107. The van der Waals surface area contributed by atoms with E-state index in [1.54, 1.807) is 65.0 Å². The molecule has 3 aliphatic heterocycles. The molecule has 0 aromatic heterocycles. The second kappa shape index (κ2) is 45.8. The predicted octanol–water partition coefficient (Wildman–Crippen LogP) is 28.2. The summed E-state index contributed by atoms with van der Waals surface area (Å²) in [6.45, 7) is 65.3. The van der Waals surface area contributed by atoms with Crippen LogP contribution in [0.15, 0.2) is 96.2 Å². The number of aliphatic hydroxyl groups excluding tert-OH is 1. The number of hydrogen-bond donors (Lipinski definition) is 13. The summed E-state index contributed by atoms with van der Waals surface area (Å²) in [7, 11) is 0. The van der Waals surface area contributed by atoms with Gasteiger partial charge in [0, 0.05) is 18.1 Å². The second-order valence-electron chi connectivity index (χ2n) is 46.3. The van der Waals surface area contributed by atoms with Gasteiger partial charge in [-0.25, -0.2) is 24.0 Å². The highest BCUT2D eigenvalue weighted by Gasteiger charge is 2.51. The van der Waals surface area contributed by atoms with E-state index >= 15 is 0 Å². The quantitative estimate of drug-likeness (QED) is 0.0191. The maximum atomic E-state index is 11.5. The Morgan fingerprint density at radius 1 is 0.371 bits per heavy atom. The van der Waals surface area contributed by atoms with Crippen LogP contribution in [0.4, 0.5) is 0 Å². The second-order valence-corrected chi connectivity index (χ2v) is 46.3. The maximum Gasteiger partial charge on any atom is 0.339 e. The summed E-state index contributed by atoms with van der Waals surface area (Å²) in [5.74, 6) is -0.142. The van der Waals surface area contributed by atoms with Crippen molar-refractivity contribution in [2.75, 3.05) is 0 Å². The van der Waals surface area contributed by atoms with Crippen LogP contribution in [0.5, 0.6) is 57.5 Å². The molecule has 3 unspecified atom stereocenters. The van der Waals surface area contributed by atoms with Crippen LogP contribution in [-0.4, -0.2) is 131 Å². The Kier molecular flexibility index (Phi) is 37.0. The first-order chi connectivity index (χ1) is 66.3. The minimum absolute atomic E-state index is 0.00985. The van der Waals surface area contributed by atoms with E-state index in [2.05, 4.69) is 145 Å². The van der Waals surface area contributed by atoms with E-state index in [1.165, 1.54) is 61.5 Å². The fraction of sp³-hybridized carbons (Fsp3) is 0.583. The Balaban J connectivity index is 0.000000199. The van der Waals surface area contributed by atoms with Gasteiger partial charge in [0.15, 0.2) is 0 Å². The first-order valence-electron chi connectivity index (χ1n) is 51.8. The van der Waals surface area contributed by atoms with Crippen LogP contribution >= 0.6 is 0 Å². The zero-order valence-corrected chi connectivity index (χ0v) is 90.4. The van der Waals surface area contributed by atoms with Gasteiger partial charge >= 0.3 is 35.8 Å². The molecule has 5 aromatic rings. The van der Waals surface area contributed by atoms with Crippen LogP contribution in [0.2, 0.25) is 0 Å². The Bertz CT molecular complexity index is 5760. The number of benzene rings is 5. The van der Waals surface area contributed by atoms with E-state index in [9.17, 15) is 95.2 Å². The molecule has 5 fully saturated rings. The lowest BCUT2D eigenvalue weighted by Gasteiger charge is -2.49. The van der Waals surface area contributed by atoms with Crippen LogP contribution in [-0.2, 0) is 22.4 Å². The number of hydrogen-bond acceptors (Lipinski definition) is 18. The van der Waals surface area contributed by atoms with Crippen molar-refractivity contribution in [1.82, 2.24) is 0 Å². The molecule has 21 atom stereocenters. The molecule has 23 nitrogen and oxygen atoms in total. The molecule has 13 rings (SSSR count). The molecule has 0 bridgehead atoms. The van der Waals surface area contributed by atoms with Crippen molar-refractivity contribution in [2.45, 2.75) is 357 Å². The van der Waals surface area contributed by atoms with E-state index in [0.717, 1.165) is 114 Å². The van der Waals surface area contributed by atoms with Crippen molar-refractivity contribution in [3.8, 4) is 57.5 Å². The van der Waals surface area contributed by atoms with Gasteiger partial charge in [0.25, 0.3) is 0 Å². The molecule has 3 heterocycles. The van der Waals surface area contributed by atoms with E-state index in [4.69, 9.17) is 18.9 Å². The van der Waals surface area contributed by atoms with Gasteiger partial charge in [0.1, 0.15) is 108 Å². The Hall–Kier alpha value is -10.9. The van der Waals surface area contributed by atoms with E-state index in [-0.39, 0.29) is 143 Å². The Morgan fingerprint density at radius 3 is 1.00 bits per heavy atom. The zero-order valence-electron chi connectivity index (χ0n) is 90.4. The number of fused-ring (bicyclic) bond motifs is 3. The van der Waals surface area contributed by atoms with Crippen molar-refractivity contribution < 1.29 is 114 Å². The molecular weight excluding hydrogens is 1810 g/mol. The summed E-state index contributed by atoms with van der Waals surface area (Å²) in [6.07, 6.45) is 35.7. The average molecular weight is 1980 g/mol. The number of allylic oxidation sites excluding steroid dienone is 6. The topological polar surface area (TPSA) is 402 Å². The summed E-state index contributed by atoms with van der Waals surface area (Å²) in [5, 5.41) is 129. The standard InChI is InChI=1S/C25H34O6.C24H34O4.C24H32O4.C24H34O4.C23H34O5/c1-14-13-20-18(22(27)21(14)23(28)29)9-10-24(5,31-20)11-12-25(6)15(2)7-8-19(16(25)3)30-17(4)26;2*1-14-7-8-16(3)24(6,17(14)4)12-11-23(5)10-9-18-19(28-23)13-15(2)20(21(18)25)22(26)27;1-14(11-12-24(6)17(4)9-8-15(2)18(24)5)7-10-19-20(25)13-16(3)21(22(19)26)23(27)28;1-13(10-11-23(5)15(3)7-9-18(24)16(23)4)6-8-17-19(25)12-14(2)20(21(17)26)22(27)28/h9-10,13,15-16,19,27H,7-8,11-12H2,1-6H3,(H,28,29);9-10,13-14,16-17,25H,7-8,11-12H2,1-6H3,(H,26,27);9-10,13,16-17,25H,1,7-8,11-12H2,2-6H3,(H,26,27);7,13,17-18,25-26H,2,8-12H2,1,3-6H3,(H,27,28);6,12,15-16,18,24-26H,7-11H2,1-5H3,(H,27,28)/b;;;14-7+;13-6+/t15-,16+,19+,24?,25+;14-,16+,17-,23?,24-;16-,17+,23?,24+;17-,18+,24+;15-,16+,18+,23+/m10111/s1. The molecule has 0 radical (unpaired) electrons. The monoisotopic (exact) mass is 1980 g/mol. The summed E-state index contributed by atoms with van der Waals surface area (Å²) < 4.78 is 24.5. The number of rotatable bonds is 25. The number of aryl methyl sites for hydroxylation is 5. The third kappa shape index (κ3) is 25.2. The first-order valence-corrected chi connectivity index (χ1v) is 51.8. The predicted molar refractivity (Wildman–Crippen MR) is 565 cm³/mol. The molecule has 8 aliphatic rings. The minimum atomic E-state index is -1.20. The van der Waals surface area contributed by atoms with Crippen molar-refractivity contribution in [2.24, 2.45) is 92.2 Å². The number of phenols is 7. The van der Waals surface area contributed by atoms with Gasteiger partial charge in [0.2, 0.25) is 0 Å². The van der Waals surface area contributed by atoms with E-state index < -0.39 is 46.6 Å². The van der Waals surface area contributed by atoms with Gasteiger partial charge in [-0.15, -0.1) is 0 Å². The smallest absolute Gasteiger partial charge is 0.339 e. The average Bonchev–Trinajstić information content (AvgIpc) is 0.757. The number of aliphatic hydroxyl groups is 1. The minimum Gasteiger partial charge on any atom is -0.508 e.